The van der Waals surface area contributed by atoms with Crippen LogP contribution in [0.2, 0.25) is 0 Å². The van der Waals surface area contributed by atoms with Gasteiger partial charge >= 0.3 is 0 Å². The first-order chi connectivity index (χ1) is 25.3. The van der Waals surface area contributed by atoms with Crippen LogP contribution in [0.25, 0.3) is 0 Å². The summed E-state index contributed by atoms with van der Waals surface area (Å²) in [7, 11) is 0. The SMILES string of the molecule is CCCCC/C=C\C/C=C\CCCCCCCCC1(CCCCCCCC/C=C\C/C=C\CCCCC)OCC(CCOCc2cccnc2)O1. The largest absolute Gasteiger partial charge is 0.377 e. The van der Waals surface area contributed by atoms with Gasteiger partial charge in [0.05, 0.1) is 19.3 Å². The van der Waals surface area contributed by atoms with Gasteiger partial charge in [0.25, 0.3) is 0 Å². The van der Waals surface area contributed by atoms with E-state index >= 15 is 0 Å². The van der Waals surface area contributed by atoms with Crippen molar-refractivity contribution < 1.29 is 14.2 Å². The first kappa shape index (κ1) is 45.1. The van der Waals surface area contributed by atoms with Crippen LogP contribution in [0.4, 0.5) is 0 Å². The molecule has 0 amide bonds. The Labute approximate surface area is 316 Å². The third kappa shape index (κ3) is 26.4. The molecule has 4 heteroatoms. The van der Waals surface area contributed by atoms with Gasteiger partial charge in [0.2, 0.25) is 0 Å². The van der Waals surface area contributed by atoms with Gasteiger partial charge in [-0.3, -0.25) is 4.98 Å². The molecular formula is C47H79NO3. The number of hydrogen-bond donors (Lipinski definition) is 0. The van der Waals surface area contributed by atoms with E-state index in [-0.39, 0.29) is 6.10 Å². The van der Waals surface area contributed by atoms with Crippen molar-refractivity contribution in [1.82, 2.24) is 4.98 Å². The molecule has 1 aromatic heterocycles. The van der Waals surface area contributed by atoms with E-state index in [1.165, 1.54) is 141 Å². The van der Waals surface area contributed by atoms with Gasteiger partial charge in [-0.15, -0.1) is 0 Å². The smallest absolute Gasteiger partial charge is 0.168 e. The van der Waals surface area contributed by atoms with Gasteiger partial charge in [0.1, 0.15) is 0 Å². The van der Waals surface area contributed by atoms with Gasteiger partial charge in [0, 0.05) is 31.8 Å². The third-order valence-electron chi connectivity index (χ3n) is 10.0. The second kappa shape index (κ2) is 33.8. The molecule has 51 heavy (non-hydrogen) atoms. The maximum absolute atomic E-state index is 6.71. The van der Waals surface area contributed by atoms with Crippen LogP contribution in [0.1, 0.15) is 193 Å². The van der Waals surface area contributed by atoms with E-state index in [9.17, 15) is 0 Å². The molecule has 2 rings (SSSR count). The summed E-state index contributed by atoms with van der Waals surface area (Å²) in [5.74, 6) is -0.390. The zero-order valence-corrected chi connectivity index (χ0v) is 33.4. The predicted octanol–water partition coefficient (Wildman–Crippen LogP) is 14.5. The lowest BCUT2D eigenvalue weighted by Gasteiger charge is -2.28. The third-order valence-corrected chi connectivity index (χ3v) is 10.0. The fraction of sp³-hybridized carbons (Fsp3) is 0.723. The summed E-state index contributed by atoms with van der Waals surface area (Å²) in [5, 5.41) is 0. The van der Waals surface area contributed by atoms with Crippen LogP contribution in [0.15, 0.2) is 73.1 Å². The van der Waals surface area contributed by atoms with Crippen molar-refractivity contribution in [2.24, 2.45) is 0 Å². The summed E-state index contributed by atoms with van der Waals surface area (Å²) in [6.45, 7) is 6.52. The number of pyridine rings is 1. The first-order valence-corrected chi connectivity index (χ1v) is 21.7. The van der Waals surface area contributed by atoms with Crippen LogP contribution in [0, 0.1) is 0 Å². The summed E-state index contributed by atoms with van der Waals surface area (Å²) in [6.07, 6.45) is 56.1. The Kier molecular flexibility index (Phi) is 29.9. The van der Waals surface area contributed by atoms with Gasteiger partial charge in [0.15, 0.2) is 5.79 Å². The summed E-state index contributed by atoms with van der Waals surface area (Å²) < 4.78 is 19.2. The van der Waals surface area contributed by atoms with Crippen LogP contribution in [0.3, 0.4) is 0 Å². The Morgan fingerprint density at radius 3 is 1.63 bits per heavy atom. The average molecular weight is 706 g/mol. The van der Waals surface area contributed by atoms with Gasteiger partial charge < -0.3 is 14.2 Å². The molecule has 1 saturated heterocycles. The normalized spacial score (nSPS) is 16.2. The molecule has 0 radical (unpaired) electrons. The second-order valence-corrected chi connectivity index (χ2v) is 14.8. The highest BCUT2D eigenvalue weighted by molar-refractivity contribution is 5.06. The van der Waals surface area contributed by atoms with Gasteiger partial charge in [-0.1, -0.05) is 146 Å². The van der Waals surface area contributed by atoms with Gasteiger partial charge in [-0.05, 0) is 95.1 Å². The molecule has 0 aliphatic carbocycles. The minimum atomic E-state index is -0.390. The summed E-state index contributed by atoms with van der Waals surface area (Å²) in [4.78, 5) is 4.19. The van der Waals surface area contributed by atoms with Crippen LogP contribution in [-0.2, 0) is 20.8 Å². The zero-order chi connectivity index (χ0) is 36.2. The molecule has 1 aromatic rings. The number of allylic oxidation sites excluding steroid dienone is 8. The predicted molar refractivity (Wildman–Crippen MR) is 220 cm³/mol. The second-order valence-electron chi connectivity index (χ2n) is 14.8. The topological polar surface area (TPSA) is 40.6 Å². The number of nitrogens with zero attached hydrogens (tertiary/aromatic N) is 1. The van der Waals surface area contributed by atoms with Crippen LogP contribution in [0.5, 0.6) is 0 Å². The lowest BCUT2D eigenvalue weighted by Crippen LogP contribution is -2.31. The van der Waals surface area contributed by atoms with Gasteiger partial charge in [-0.2, -0.15) is 0 Å². The quantitative estimate of drug-likeness (QED) is 0.0521. The lowest BCUT2D eigenvalue weighted by atomic mass is 9.98. The standard InChI is InChI=1S/C47H79NO3/c1-3-5-7-9-11-13-15-17-19-21-23-25-27-29-31-33-38-47(50-44-46(51-47)37-41-49-43-45-36-35-40-48-42-45)39-34-32-30-28-26-24-22-20-18-16-14-12-10-8-6-4-2/h11-14,17-20,35-36,40,42,46H,3-10,15-16,21-34,37-39,41,43-44H2,1-2H3/b13-11-,14-12-,19-17-,20-18-. The molecule has 1 unspecified atom stereocenters. The number of rotatable bonds is 35. The van der Waals surface area contributed by atoms with E-state index in [2.05, 4.69) is 73.5 Å². The van der Waals surface area contributed by atoms with Crippen LogP contribution >= 0.6 is 0 Å². The highest BCUT2D eigenvalue weighted by Crippen LogP contribution is 2.35. The van der Waals surface area contributed by atoms with E-state index in [1.807, 2.05) is 12.3 Å². The number of ether oxygens (including phenoxy) is 3. The molecule has 0 bridgehead atoms. The van der Waals surface area contributed by atoms with E-state index in [1.54, 1.807) is 6.20 Å². The number of aromatic nitrogens is 1. The van der Waals surface area contributed by atoms with Crippen LogP contribution < -0.4 is 0 Å². The molecule has 290 valence electrons. The van der Waals surface area contributed by atoms with E-state index in [0.717, 1.165) is 37.7 Å². The summed E-state index contributed by atoms with van der Waals surface area (Å²) in [5.41, 5.74) is 1.12. The number of hydrogen-bond acceptors (Lipinski definition) is 4. The van der Waals surface area contributed by atoms with Crippen molar-refractivity contribution in [2.45, 2.75) is 206 Å². The molecule has 4 nitrogen and oxygen atoms in total. The molecule has 1 fully saturated rings. The minimum absolute atomic E-state index is 0.133. The van der Waals surface area contributed by atoms with Crippen molar-refractivity contribution in [2.75, 3.05) is 13.2 Å². The van der Waals surface area contributed by atoms with Gasteiger partial charge in [-0.25, -0.2) is 0 Å². The zero-order valence-electron chi connectivity index (χ0n) is 33.4. The molecule has 1 aliphatic heterocycles. The van der Waals surface area contributed by atoms with Crippen LogP contribution in [-0.4, -0.2) is 30.1 Å². The molecule has 0 spiro atoms. The Balaban J connectivity index is 1.59. The molecular weight excluding hydrogens is 627 g/mol. The molecule has 1 atom stereocenters. The van der Waals surface area contributed by atoms with E-state index in [0.29, 0.717) is 19.8 Å². The van der Waals surface area contributed by atoms with Crippen molar-refractivity contribution in [1.29, 1.82) is 0 Å². The van der Waals surface area contributed by atoms with Crippen molar-refractivity contribution >= 4 is 0 Å². The Morgan fingerprint density at radius 2 is 1.14 bits per heavy atom. The maximum Gasteiger partial charge on any atom is 0.168 e. The Morgan fingerprint density at radius 1 is 0.647 bits per heavy atom. The molecule has 1 aliphatic rings. The fourth-order valence-electron chi connectivity index (χ4n) is 6.80. The maximum atomic E-state index is 6.71. The summed E-state index contributed by atoms with van der Waals surface area (Å²) >= 11 is 0. The Hall–Kier alpha value is -2.01. The first-order valence-electron chi connectivity index (χ1n) is 21.7. The monoisotopic (exact) mass is 706 g/mol. The van der Waals surface area contributed by atoms with E-state index in [4.69, 9.17) is 14.2 Å². The Bertz CT molecular complexity index is 952. The van der Waals surface area contributed by atoms with Crippen molar-refractivity contribution in [3.05, 3.63) is 78.7 Å². The van der Waals surface area contributed by atoms with Crippen molar-refractivity contribution in [3.8, 4) is 0 Å². The lowest BCUT2D eigenvalue weighted by molar-refractivity contribution is -0.180. The molecule has 0 aromatic carbocycles. The molecule has 0 N–H and O–H groups in total. The minimum Gasteiger partial charge on any atom is -0.377 e. The number of unbranched alkanes of at least 4 members (excludes halogenated alkanes) is 18. The van der Waals surface area contributed by atoms with E-state index < -0.39 is 5.79 Å². The average Bonchev–Trinajstić information content (AvgIpc) is 3.56. The molecule has 2 heterocycles. The highest BCUT2D eigenvalue weighted by Gasteiger charge is 2.40. The highest BCUT2D eigenvalue weighted by atomic mass is 16.7. The molecule has 0 saturated carbocycles. The summed E-state index contributed by atoms with van der Waals surface area (Å²) in [6, 6.07) is 4.02. The van der Waals surface area contributed by atoms with Crippen molar-refractivity contribution in [3.63, 3.8) is 0 Å². The fourth-order valence-corrected chi connectivity index (χ4v) is 6.80.